The number of esters is 1. The molecule has 0 amide bonds. The second kappa shape index (κ2) is 17.5. The number of rotatable bonds is 14. The predicted molar refractivity (Wildman–Crippen MR) is 187 cm³/mol. The van der Waals surface area contributed by atoms with Crippen LogP contribution in [0.25, 0.3) is 6.08 Å². The SMILES string of the molecule is Cc1cccc(C(=O)O[C@@](Cn2cncn2)(c2ccc(F)cc2F)[C@@H](C)S[C@H]2CO[C@H](C=CC=Cc3ccc(C#N)cc3F)OC2)c1COP(=O)(O)O. The zero-order valence-electron chi connectivity index (χ0n) is 28.3. The number of hydrogen-bond donors (Lipinski definition) is 2. The van der Waals surface area contributed by atoms with Gasteiger partial charge in [-0.25, -0.2) is 32.2 Å². The quantitative estimate of drug-likeness (QED) is 0.0828. The van der Waals surface area contributed by atoms with Gasteiger partial charge in [0.2, 0.25) is 0 Å². The Hall–Kier alpha value is -4.59. The third kappa shape index (κ3) is 10.3. The van der Waals surface area contributed by atoms with Crippen LogP contribution in [0.1, 0.15) is 45.1 Å². The summed E-state index contributed by atoms with van der Waals surface area (Å²) in [5.41, 5.74) is -0.999. The van der Waals surface area contributed by atoms with E-state index in [2.05, 4.69) is 10.1 Å². The maximum absolute atomic E-state index is 15.8. The van der Waals surface area contributed by atoms with Gasteiger partial charge in [0, 0.05) is 22.4 Å². The van der Waals surface area contributed by atoms with Crippen LogP contribution in [-0.2, 0) is 42.1 Å². The van der Waals surface area contributed by atoms with E-state index in [-0.39, 0.29) is 47.3 Å². The number of aromatic nitrogens is 3. The Kier molecular flexibility index (Phi) is 13.1. The Bertz CT molecular complexity index is 2070. The van der Waals surface area contributed by atoms with Crippen LogP contribution in [0.4, 0.5) is 13.2 Å². The number of carbonyl (C=O) groups is 1. The van der Waals surface area contributed by atoms with Gasteiger partial charge in [-0.2, -0.15) is 10.4 Å². The number of halogens is 3. The monoisotopic (exact) mass is 770 g/mol. The molecule has 0 unspecified atom stereocenters. The molecular weight excluding hydrogens is 736 g/mol. The highest BCUT2D eigenvalue weighted by molar-refractivity contribution is 8.00. The molecule has 1 aromatic heterocycles. The minimum Gasteiger partial charge on any atom is -0.447 e. The van der Waals surface area contributed by atoms with Crippen LogP contribution in [-0.4, -0.2) is 60.5 Å². The number of phosphoric ester groups is 1. The number of phosphoric acid groups is 1. The average Bonchev–Trinajstić information content (AvgIpc) is 3.63. The molecule has 278 valence electrons. The summed E-state index contributed by atoms with van der Waals surface area (Å²) in [7, 11) is -4.92. The molecule has 12 nitrogen and oxygen atoms in total. The molecule has 3 aromatic carbocycles. The van der Waals surface area contributed by atoms with E-state index in [9.17, 15) is 27.9 Å². The summed E-state index contributed by atoms with van der Waals surface area (Å²) in [6, 6.07) is 13.5. The van der Waals surface area contributed by atoms with E-state index in [1.54, 1.807) is 44.2 Å². The Balaban J connectivity index is 1.39. The molecule has 4 aromatic rings. The van der Waals surface area contributed by atoms with E-state index in [1.165, 1.54) is 59.4 Å². The zero-order chi connectivity index (χ0) is 38.2. The fourth-order valence-corrected chi connectivity index (χ4v) is 7.24. The molecule has 0 radical (unpaired) electrons. The van der Waals surface area contributed by atoms with Gasteiger partial charge in [-0.1, -0.05) is 36.4 Å². The van der Waals surface area contributed by atoms with Gasteiger partial charge in [-0.15, -0.1) is 11.8 Å². The van der Waals surface area contributed by atoms with Crippen molar-refractivity contribution in [2.24, 2.45) is 0 Å². The van der Waals surface area contributed by atoms with Crippen molar-refractivity contribution in [3.8, 4) is 6.07 Å². The van der Waals surface area contributed by atoms with Crippen molar-refractivity contribution >= 4 is 31.6 Å². The Morgan fingerprint density at radius 1 is 1.15 bits per heavy atom. The van der Waals surface area contributed by atoms with Gasteiger partial charge in [-0.05, 0) is 61.4 Å². The van der Waals surface area contributed by atoms with Crippen LogP contribution in [0.3, 0.4) is 0 Å². The summed E-state index contributed by atoms with van der Waals surface area (Å²) in [4.78, 5) is 36.8. The summed E-state index contributed by atoms with van der Waals surface area (Å²) in [6.45, 7) is 2.76. The lowest BCUT2D eigenvalue weighted by Gasteiger charge is -2.40. The normalized spacial score (nSPS) is 18.2. The summed E-state index contributed by atoms with van der Waals surface area (Å²) in [5, 5.41) is 11.9. The van der Waals surface area contributed by atoms with Gasteiger partial charge >= 0.3 is 13.8 Å². The lowest BCUT2D eigenvalue weighted by atomic mass is 9.89. The number of ether oxygens (including phenoxy) is 3. The van der Waals surface area contributed by atoms with Gasteiger partial charge in [-0.3, -0.25) is 4.52 Å². The second-order valence-electron chi connectivity index (χ2n) is 11.9. The number of aryl methyl sites for hydroxylation is 1. The standard InChI is InChI=1S/C36H34F3N4O8PS/c1-23-6-5-8-29(30(23)19-50-52(45,46)47)35(44)51-36(20-43-22-41-21-42-43,31-13-12-27(37)15-33(31)39)24(2)53-28-17-48-34(49-18-28)9-4-3-7-26-11-10-25(16-40)14-32(26)38/h3-15,21-22,24,28,34H,17-20H2,1-2H3,(H2,45,46,47)/t24-,28-,34-,36-/m1/s1. The maximum Gasteiger partial charge on any atom is 0.469 e. The molecule has 0 saturated carbocycles. The molecule has 5 rings (SSSR count). The number of nitriles is 1. The Morgan fingerprint density at radius 2 is 1.92 bits per heavy atom. The molecule has 53 heavy (non-hydrogen) atoms. The smallest absolute Gasteiger partial charge is 0.447 e. The van der Waals surface area contributed by atoms with E-state index >= 15 is 4.39 Å². The van der Waals surface area contributed by atoms with Crippen molar-refractivity contribution < 1.29 is 51.1 Å². The molecular formula is C36H34F3N4O8PS. The highest BCUT2D eigenvalue weighted by atomic mass is 32.2. The number of benzene rings is 3. The first kappa shape index (κ1) is 39.6. The van der Waals surface area contributed by atoms with Gasteiger partial charge in [0.15, 0.2) is 11.9 Å². The van der Waals surface area contributed by atoms with Crippen LogP contribution in [0, 0.1) is 35.7 Å². The van der Waals surface area contributed by atoms with Gasteiger partial charge in [0.1, 0.15) is 30.1 Å². The van der Waals surface area contributed by atoms with Crippen molar-refractivity contribution in [2.45, 2.75) is 49.4 Å². The summed E-state index contributed by atoms with van der Waals surface area (Å²) < 4.78 is 79.9. The van der Waals surface area contributed by atoms with E-state index in [0.29, 0.717) is 17.2 Å². The molecule has 17 heteroatoms. The number of thioether (sulfide) groups is 1. The molecule has 2 heterocycles. The molecule has 1 aliphatic heterocycles. The Labute approximate surface area is 307 Å². The molecule has 0 aliphatic carbocycles. The van der Waals surface area contributed by atoms with E-state index in [4.69, 9.17) is 24.0 Å². The van der Waals surface area contributed by atoms with Crippen molar-refractivity contribution in [3.63, 3.8) is 0 Å². The number of carbonyl (C=O) groups excluding carboxylic acids is 1. The average molecular weight is 771 g/mol. The number of nitrogens with zero attached hydrogens (tertiary/aromatic N) is 4. The topological polar surface area (TPSA) is 166 Å². The van der Waals surface area contributed by atoms with Crippen molar-refractivity contribution in [2.75, 3.05) is 13.2 Å². The van der Waals surface area contributed by atoms with Gasteiger partial charge < -0.3 is 24.0 Å². The maximum atomic E-state index is 15.8. The van der Waals surface area contributed by atoms with E-state index in [1.807, 2.05) is 6.07 Å². The second-order valence-corrected chi connectivity index (χ2v) is 14.8. The largest absolute Gasteiger partial charge is 0.469 e. The minimum absolute atomic E-state index is 0.0870. The Morgan fingerprint density at radius 3 is 2.58 bits per heavy atom. The molecule has 1 fully saturated rings. The third-order valence-corrected chi connectivity index (χ3v) is 10.2. The first-order chi connectivity index (χ1) is 25.3. The van der Waals surface area contributed by atoms with Gasteiger partial charge in [0.05, 0.1) is 48.8 Å². The molecule has 1 saturated heterocycles. The van der Waals surface area contributed by atoms with Crippen LogP contribution in [0.15, 0.2) is 85.5 Å². The molecule has 2 atom stereocenters. The lowest BCUT2D eigenvalue weighted by Crippen LogP contribution is -2.47. The molecule has 0 spiro atoms. The van der Waals surface area contributed by atoms with Crippen molar-refractivity contribution in [3.05, 3.63) is 136 Å². The van der Waals surface area contributed by atoms with Gasteiger partial charge in [0.25, 0.3) is 0 Å². The van der Waals surface area contributed by atoms with Crippen molar-refractivity contribution in [1.29, 1.82) is 5.26 Å². The third-order valence-electron chi connectivity index (χ3n) is 8.26. The number of hydrogen-bond acceptors (Lipinski definition) is 10. The first-order valence-electron chi connectivity index (χ1n) is 16.0. The number of allylic oxidation sites excluding steroid dienone is 2. The molecule has 1 aliphatic rings. The fourth-order valence-electron chi connectivity index (χ4n) is 5.58. The van der Waals surface area contributed by atoms with Crippen LogP contribution < -0.4 is 0 Å². The lowest BCUT2D eigenvalue weighted by molar-refractivity contribution is -0.146. The first-order valence-corrected chi connectivity index (χ1v) is 18.5. The predicted octanol–water partition coefficient (Wildman–Crippen LogP) is 6.37. The fraction of sp³-hybridized carbons (Fsp3) is 0.278. The van der Waals surface area contributed by atoms with E-state index in [0.717, 1.165) is 12.1 Å². The van der Waals surface area contributed by atoms with Crippen LogP contribution in [0.2, 0.25) is 0 Å². The summed E-state index contributed by atoms with van der Waals surface area (Å²) >= 11 is 1.27. The molecule has 2 N–H and O–H groups in total. The summed E-state index contributed by atoms with van der Waals surface area (Å²) in [6.07, 6.45) is 8.25. The van der Waals surface area contributed by atoms with Crippen molar-refractivity contribution in [1.82, 2.24) is 14.8 Å². The summed E-state index contributed by atoms with van der Waals surface area (Å²) in [5.74, 6) is -3.35. The minimum atomic E-state index is -4.92. The van der Waals surface area contributed by atoms with E-state index < -0.39 is 55.0 Å². The zero-order valence-corrected chi connectivity index (χ0v) is 30.1. The van der Waals surface area contributed by atoms with Crippen LogP contribution in [0.5, 0.6) is 0 Å². The molecule has 0 bridgehead atoms. The highest BCUT2D eigenvalue weighted by Gasteiger charge is 2.47. The van der Waals surface area contributed by atoms with Crippen LogP contribution >= 0.6 is 19.6 Å². The highest BCUT2D eigenvalue weighted by Crippen LogP contribution is 2.43.